The van der Waals surface area contributed by atoms with Crippen LogP contribution in [0.25, 0.3) is 0 Å². The number of para-hydroxylation sites is 1. The molecule has 2 aromatic carbocycles. The quantitative estimate of drug-likeness (QED) is 0.520. The second kappa shape index (κ2) is 6.50. The second-order valence-electron chi connectivity index (χ2n) is 3.65. The molecule has 0 N–H and O–H groups in total. The van der Waals surface area contributed by atoms with Crippen LogP contribution in [0.5, 0.6) is 11.5 Å². The number of hydrogen-bond acceptors (Lipinski definition) is 2. The standard InChI is InChI=1S/C14H12BrClOS/c1-18-14-5-3-2-4-13(14)17-12-7-6-10(9-16)8-11(12)15/h2-8H,9H2,1H3. The summed E-state index contributed by atoms with van der Waals surface area (Å²) in [6.07, 6.45) is 2.04. The van der Waals surface area contributed by atoms with Crippen molar-refractivity contribution in [3.8, 4) is 11.5 Å². The maximum Gasteiger partial charge on any atom is 0.141 e. The lowest BCUT2D eigenvalue weighted by Gasteiger charge is -2.11. The van der Waals surface area contributed by atoms with Crippen molar-refractivity contribution in [3.05, 3.63) is 52.5 Å². The number of hydrogen-bond donors (Lipinski definition) is 0. The Kier molecular flexibility index (Phi) is 4.98. The Bertz CT molecular complexity index is 545. The van der Waals surface area contributed by atoms with E-state index in [1.54, 1.807) is 11.8 Å². The molecule has 2 aromatic rings. The van der Waals surface area contributed by atoms with E-state index >= 15 is 0 Å². The van der Waals surface area contributed by atoms with Crippen molar-refractivity contribution in [2.24, 2.45) is 0 Å². The van der Waals surface area contributed by atoms with E-state index in [9.17, 15) is 0 Å². The van der Waals surface area contributed by atoms with Gasteiger partial charge in [-0.25, -0.2) is 0 Å². The third-order valence-corrected chi connectivity index (χ3v) is 4.14. The lowest BCUT2D eigenvalue weighted by molar-refractivity contribution is 0.468. The van der Waals surface area contributed by atoms with Crippen LogP contribution in [-0.2, 0) is 5.88 Å². The molecule has 0 atom stereocenters. The fraction of sp³-hybridized carbons (Fsp3) is 0.143. The van der Waals surface area contributed by atoms with Crippen LogP contribution in [0, 0.1) is 0 Å². The molecule has 18 heavy (non-hydrogen) atoms. The molecule has 94 valence electrons. The van der Waals surface area contributed by atoms with E-state index in [4.69, 9.17) is 16.3 Å². The molecule has 0 aliphatic heterocycles. The van der Waals surface area contributed by atoms with Crippen LogP contribution in [0.2, 0.25) is 0 Å². The van der Waals surface area contributed by atoms with Crippen LogP contribution in [0.15, 0.2) is 51.8 Å². The summed E-state index contributed by atoms with van der Waals surface area (Å²) in [6, 6.07) is 13.9. The van der Waals surface area contributed by atoms with Gasteiger partial charge in [0.2, 0.25) is 0 Å². The van der Waals surface area contributed by atoms with Crippen molar-refractivity contribution in [3.63, 3.8) is 0 Å². The van der Waals surface area contributed by atoms with E-state index in [-0.39, 0.29) is 0 Å². The maximum atomic E-state index is 5.92. The van der Waals surface area contributed by atoms with Crippen molar-refractivity contribution < 1.29 is 4.74 Å². The predicted octanol–water partition coefficient (Wildman–Crippen LogP) is 5.70. The summed E-state index contributed by atoms with van der Waals surface area (Å²) in [4.78, 5) is 1.12. The van der Waals surface area contributed by atoms with E-state index in [0.717, 1.165) is 26.4 Å². The molecule has 2 rings (SSSR count). The summed E-state index contributed by atoms with van der Waals surface area (Å²) in [7, 11) is 0. The van der Waals surface area contributed by atoms with Gasteiger partial charge in [-0.2, -0.15) is 0 Å². The van der Waals surface area contributed by atoms with Crippen LogP contribution in [0.3, 0.4) is 0 Å². The minimum atomic E-state index is 0.500. The summed E-state index contributed by atoms with van der Waals surface area (Å²) >= 11 is 11.0. The van der Waals surface area contributed by atoms with Gasteiger partial charge in [0.05, 0.1) is 4.47 Å². The average Bonchev–Trinajstić information content (AvgIpc) is 2.41. The smallest absolute Gasteiger partial charge is 0.141 e. The van der Waals surface area contributed by atoms with E-state index in [2.05, 4.69) is 15.9 Å². The zero-order chi connectivity index (χ0) is 13.0. The minimum absolute atomic E-state index is 0.500. The summed E-state index contributed by atoms with van der Waals surface area (Å²) in [5.41, 5.74) is 1.06. The molecule has 0 amide bonds. The highest BCUT2D eigenvalue weighted by molar-refractivity contribution is 9.10. The Balaban J connectivity index is 2.28. The van der Waals surface area contributed by atoms with Gasteiger partial charge in [0.1, 0.15) is 11.5 Å². The first-order valence-corrected chi connectivity index (χ1v) is 7.95. The van der Waals surface area contributed by atoms with Crippen molar-refractivity contribution in [1.82, 2.24) is 0 Å². The highest BCUT2D eigenvalue weighted by atomic mass is 79.9. The monoisotopic (exact) mass is 342 g/mol. The lowest BCUT2D eigenvalue weighted by Crippen LogP contribution is -1.88. The van der Waals surface area contributed by atoms with Gasteiger partial charge in [-0.3, -0.25) is 0 Å². The first-order valence-electron chi connectivity index (χ1n) is 5.40. The molecular formula is C14H12BrClOS. The van der Waals surface area contributed by atoms with Crippen LogP contribution in [0.4, 0.5) is 0 Å². The van der Waals surface area contributed by atoms with Crippen LogP contribution >= 0.6 is 39.3 Å². The molecular weight excluding hydrogens is 332 g/mol. The molecule has 0 radical (unpaired) electrons. The fourth-order valence-electron chi connectivity index (χ4n) is 1.53. The van der Waals surface area contributed by atoms with E-state index in [1.165, 1.54) is 0 Å². The fourth-order valence-corrected chi connectivity index (χ4v) is 2.73. The van der Waals surface area contributed by atoms with Crippen molar-refractivity contribution in [2.75, 3.05) is 6.26 Å². The van der Waals surface area contributed by atoms with Gasteiger partial charge in [-0.15, -0.1) is 23.4 Å². The van der Waals surface area contributed by atoms with Gasteiger partial charge in [-0.05, 0) is 52.0 Å². The first kappa shape index (κ1) is 13.8. The number of benzene rings is 2. The Morgan fingerprint density at radius 3 is 2.61 bits per heavy atom. The average molecular weight is 344 g/mol. The molecule has 1 nitrogen and oxygen atoms in total. The number of rotatable bonds is 4. The van der Waals surface area contributed by atoms with Crippen molar-refractivity contribution in [1.29, 1.82) is 0 Å². The first-order chi connectivity index (χ1) is 8.74. The molecule has 0 aromatic heterocycles. The van der Waals surface area contributed by atoms with Gasteiger partial charge in [0.25, 0.3) is 0 Å². The summed E-state index contributed by atoms with van der Waals surface area (Å²) in [6.45, 7) is 0. The summed E-state index contributed by atoms with van der Waals surface area (Å²) in [5.74, 6) is 2.16. The normalized spacial score (nSPS) is 10.4. The summed E-state index contributed by atoms with van der Waals surface area (Å²) in [5, 5.41) is 0. The van der Waals surface area contributed by atoms with Gasteiger partial charge in [0, 0.05) is 10.8 Å². The zero-order valence-corrected chi connectivity index (χ0v) is 13.0. The molecule has 0 aliphatic rings. The highest BCUT2D eigenvalue weighted by Crippen LogP contribution is 2.35. The van der Waals surface area contributed by atoms with Gasteiger partial charge in [-0.1, -0.05) is 18.2 Å². The molecule has 0 fully saturated rings. The molecule has 4 heteroatoms. The maximum absolute atomic E-state index is 5.92. The second-order valence-corrected chi connectivity index (χ2v) is 5.62. The number of thioether (sulfide) groups is 1. The third-order valence-electron chi connectivity index (χ3n) is 2.44. The van der Waals surface area contributed by atoms with Crippen LogP contribution in [-0.4, -0.2) is 6.26 Å². The Labute approximate surface area is 125 Å². The van der Waals surface area contributed by atoms with E-state index < -0.39 is 0 Å². The largest absolute Gasteiger partial charge is 0.455 e. The number of ether oxygens (including phenoxy) is 1. The Morgan fingerprint density at radius 2 is 1.94 bits per heavy atom. The molecule has 0 bridgehead atoms. The minimum Gasteiger partial charge on any atom is -0.455 e. The summed E-state index contributed by atoms with van der Waals surface area (Å²) < 4.78 is 6.83. The van der Waals surface area contributed by atoms with Crippen molar-refractivity contribution in [2.45, 2.75) is 10.8 Å². The van der Waals surface area contributed by atoms with Crippen LogP contribution in [0.1, 0.15) is 5.56 Å². The Morgan fingerprint density at radius 1 is 1.17 bits per heavy atom. The third kappa shape index (κ3) is 3.22. The van der Waals surface area contributed by atoms with Crippen LogP contribution < -0.4 is 4.74 Å². The Hall–Kier alpha value is -0.640. The topological polar surface area (TPSA) is 9.23 Å². The zero-order valence-electron chi connectivity index (χ0n) is 9.82. The predicted molar refractivity (Wildman–Crippen MR) is 82.0 cm³/mol. The van der Waals surface area contributed by atoms with Gasteiger partial charge >= 0.3 is 0 Å². The molecule has 0 aliphatic carbocycles. The lowest BCUT2D eigenvalue weighted by atomic mass is 10.2. The molecule has 0 saturated heterocycles. The molecule has 0 heterocycles. The van der Waals surface area contributed by atoms with Gasteiger partial charge in [0.15, 0.2) is 0 Å². The molecule has 0 saturated carbocycles. The molecule has 0 unspecified atom stereocenters. The highest BCUT2D eigenvalue weighted by Gasteiger charge is 2.07. The van der Waals surface area contributed by atoms with E-state index in [1.807, 2.05) is 48.7 Å². The SMILES string of the molecule is CSc1ccccc1Oc1ccc(CCl)cc1Br. The van der Waals surface area contributed by atoms with Crippen molar-refractivity contribution >= 4 is 39.3 Å². The molecule has 0 spiro atoms. The number of halogens is 2. The number of alkyl halides is 1. The van der Waals surface area contributed by atoms with Gasteiger partial charge < -0.3 is 4.74 Å². The van der Waals surface area contributed by atoms with E-state index in [0.29, 0.717) is 5.88 Å².